The average Bonchev–Trinajstić information content (AvgIpc) is 2.78. The van der Waals surface area contributed by atoms with Crippen LogP contribution in [0.5, 0.6) is 0 Å². The minimum Gasteiger partial charge on any atom is -0.334 e. The lowest BCUT2D eigenvalue weighted by Gasteiger charge is -2.25. The highest BCUT2D eigenvalue weighted by Gasteiger charge is 2.21. The first kappa shape index (κ1) is 25.8. The Morgan fingerprint density at radius 2 is 1.44 bits per heavy atom. The first-order valence-electron chi connectivity index (χ1n) is 11.2. The van der Waals surface area contributed by atoms with Gasteiger partial charge in [0.15, 0.2) is 0 Å². The molecule has 3 aromatic carbocycles. The monoisotopic (exact) mass is 496 g/mol. The maximum absolute atomic E-state index is 13.7. The average molecular weight is 497 g/mol. The van der Waals surface area contributed by atoms with Crippen LogP contribution in [0.1, 0.15) is 54.7 Å². The Balaban J connectivity index is 1.90. The van der Waals surface area contributed by atoms with Gasteiger partial charge in [0, 0.05) is 30.1 Å². The van der Waals surface area contributed by atoms with Gasteiger partial charge in [-0.25, -0.2) is 0 Å². The van der Waals surface area contributed by atoms with Crippen molar-refractivity contribution in [3.63, 3.8) is 0 Å². The third kappa shape index (κ3) is 7.09. The smallest absolute Gasteiger partial charge is 0.256 e. The summed E-state index contributed by atoms with van der Waals surface area (Å²) >= 11 is 12.2. The van der Waals surface area contributed by atoms with E-state index in [1.54, 1.807) is 23.1 Å². The maximum atomic E-state index is 13.7. The van der Waals surface area contributed by atoms with Crippen molar-refractivity contribution in [1.29, 1.82) is 0 Å². The fourth-order valence-corrected chi connectivity index (χ4v) is 3.96. The van der Waals surface area contributed by atoms with E-state index in [-0.39, 0.29) is 17.2 Å². The Bertz CT molecular complexity index is 1150. The zero-order valence-electron chi connectivity index (χ0n) is 20.0. The van der Waals surface area contributed by atoms with E-state index in [4.69, 9.17) is 23.2 Å². The zero-order chi connectivity index (χ0) is 24.9. The second-order valence-electron chi connectivity index (χ2n) is 9.42. The second-order valence-corrected chi connectivity index (χ2v) is 10.3. The first-order chi connectivity index (χ1) is 16.0. The molecule has 0 saturated heterocycles. The van der Waals surface area contributed by atoms with E-state index >= 15 is 0 Å². The van der Waals surface area contributed by atoms with Crippen LogP contribution in [-0.2, 0) is 23.2 Å². The summed E-state index contributed by atoms with van der Waals surface area (Å²) in [7, 11) is 0. The van der Waals surface area contributed by atoms with Gasteiger partial charge in [0.2, 0.25) is 5.91 Å². The SMILES string of the molecule is CC(=O)Nc1ccc(Cl)cc1C(=O)N(CCc1ccc(Cl)cc1)Cc1ccc(C(C)(C)C)cc1. The van der Waals surface area contributed by atoms with Crippen molar-refractivity contribution in [3.8, 4) is 0 Å². The quantitative estimate of drug-likeness (QED) is 0.377. The van der Waals surface area contributed by atoms with E-state index in [0.29, 0.717) is 40.8 Å². The minimum absolute atomic E-state index is 0.0523. The molecule has 3 rings (SSSR count). The van der Waals surface area contributed by atoms with E-state index in [9.17, 15) is 9.59 Å². The molecule has 0 bridgehead atoms. The van der Waals surface area contributed by atoms with Gasteiger partial charge < -0.3 is 10.2 Å². The number of benzene rings is 3. The van der Waals surface area contributed by atoms with E-state index in [2.05, 4.69) is 50.4 Å². The topological polar surface area (TPSA) is 49.4 Å². The van der Waals surface area contributed by atoms with Crippen LogP contribution < -0.4 is 5.32 Å². The van der Waals surface area contributed by atoms with Gasteiger partial charge in [-0.05, 0) is 58.9 Å². The molecule has 0 fully saturated rings. The van der Waals surface area contributed by atoms with Crippen molar-refractivity contribution < 1.29 is 9.59 Å². The van der Waals surface area contributed by atoms with Crippen molar-refractivity contribution in [2.45, 2.75) is 46.1 Å². The van der Waals surface area contributed by atoms with Crippen LogP contribution in [0.2, 0.25) is 10.0 Å². The fourth-order valence-electron chi connectivity index (χ4n) is 3.66. The van der Waals surface area contributed by atoms with Crippen molar-refractivity contribution in [1.82, 2.24) is 4.90 Å². The molecule has 6 heteroatoms. The molecule has 2 amide bonds. The lowest BCUT2D eigenvalue weighted by molar-refractivity contribution is -0.114. The number of nitrogens with one attached hydrogen (secondary N) is 1. The van der Waals surface area contributed by atoms with Gasteiger partial charge in [-0.2, -0.15) is 0 Å². The summed E-state index contributed by atoms with van der Waals surface area (Å²) in [4.78, 5) is 27.2. The molecule has 3 aromatic rings. The number of rotatable bonds is 7. The highest BCUT2D eigenvalue weighted by atomic mass is 35.5. The summed E-state index contributed by atoms with van der Waals surface area (Å²) in [5, 5.41) is 3.85. The fraction of sp³-hybridized carbons (Fsp3) is 0.286. The minimum atomic E-state index is -0.248. The van der Waals surface area contributed by atoms with Crippen molar-refractivity contribution in [2.75, 3.05) is 11.9 Å². The highest BCUT2D eigenvalue weighted by Crippen LogP contribution is 2.25. The van der Waals surface area contributed by atoms with Gasteiger partial charge in [-0.3, -0.25) is 9.59 Å². The number of anilines is 1. The molecule has 0 aromatic heterocycles. The summed E-state index contributed by atoms with van der Waals surface area (Å²) in [6.07, 6.45) is 0.666. The summed E-state index contributed by atoms with van der Waals surface area (Å²) in [6.45, 7) is 8.86. The first-order valence-corrected chi connectivity index (χ1v) is 12.0. The Kier molecular flexibility index (Phi) is 8.40. The van der Waals surface area contributed by atoms with Gasteiger partial charge >= 0.3 is 0 Å². The normalized spacial score (nSPS) is 11.2. The summed E-state index contributed by atoms with van der Waals surface area (Å²) < 4.78 is 0. The Morgan fingerprint density at radius 3 is 2.03 bits per heavy atom. The lowest BCUT2D eigenvalue weighted by atomic mass is 9.87. The number of carbonyl (C=O) groups is 2. The van der Waals surface area contributed by atoms with E-state index in [1.807, 2.05) is 24.3 Å². The molecule has 0 aliphatic carbocycles. The number of carbonyl (C=O) groups excluding carboxylic acids is 2. The lowest BCUT2D eigenvalue weighted by Crippen LogP contribution is -2.33. The molecular formula is C28H30Cl2N2O2. The van der Waals surface area contributed by atoms with E-state index in [0.717, 1.165) is 11.1 Å². The molecule has 178 valence electrons. The molecular weight excluding hydrogens is 467 g/mol. The van der Waals surface area contributed by atoms with E-state index in [1.165, 1.54) is 12.5 Å². The third-order valence-corrected chi connectivity index (χ3v) is 6.07. The molecule has 34 heavy (non-hydrogen) atoms. The van der Waals surface area contributed by atoms with Crippen LogP contribution >= 0.6 is 23.2 Å². The standard InChI is InChI=1S/C28H30Cl2N2O2/c1-19(33)31-26-14-13-24(30)17-25(26)27(34)32(16-15-20-7-11-23(29)12-8-20)18-21-5-9-22(10-6-21)28(2,3)4/h5-14,17H,15-16,18H2,1-4H3,(H,31,33). The summed E-state index contributed by atoms with van der Waals surface area (Å²) in [5.74, 6) is -0.443. The molecule has 0 aliphatic heterocycles. The van der Waals surface area contributed by atoms with Gasteiger partial charge in [0.25, 0.3) is 5.91 Å². The molecule has 4 nitrogen and oxygen atoms in total. The van der Waals surface area contributed by atoms with Crippen molar-refractivity contribution in [2.24, 2.45) is 0 Å². The van der Waals surface area contributed by atoms with Gasteiger partial charge in [0.05, 0.1) is 11.3 Å². The molecule has 0 heterocycles. The van der Waals surface area contributed by atoms with Crippen LogP contribution in [0.4, 0.5) is 5.69 Å². The van der Waals surface area contributed by atoms with Gasteiger partial charge in [0.1, 0.15) is 0 Å². The summed E-state index contributed by atoms with van der Waals surface area (Å²) in [6, 6.07) is 20.9. The van der Waals surface area contributed by atoms with Crippen LogP contribution in [0, 0.1) is 0 Å². The number of hydrogen-bond acceptors (Lipinski definition) is 2. The van der Waals surface area contributed by atoms with Gasteiger partial charge in [-0.15, -0.1) is 0 Å². The number of nitrogens with zero attached hydrogens (tertiary/aromatic N) is 1. The Morgan fingerprint density at radius 1 is 0.853 bits per heavy atom. The number of halogens is 2. The largest absolute Gasteiger partial charge is 0.334 e. The summed E-state index contributed by atoms with van der Waals surface area (Å²) in [5.41, 5.74) is 4.21. The predicted octanol–water partition coefficient (Wildman–Crippen LogP) is 7.13. The Hall–Kier alpha value is -2.82. The number of hydrogen-bond donors (Lipinski definition) is 1. The van der Waals surface area contributed by atoms with Crippen LogP contribution in [0.15, 0.2) is 66.7 Å². The Labute approximate surface area is 211 Å². The highest BCUT2D eigenvalue weighted by molar-refractivity contribution is 6.31. The van der Waals surface area contributed by atoms with Crippen LogP contribution in [0.25, 0.3) is 0 Å². The van der Waals surface area contributed by atoms with Crippen molar-refractivity contribution in [3.05, 3.63) is 99.0 Å². The van der Waals surface area contributed by atoms with Gasteiger partial charge in [-0.1, -0.05) is 80.4 Å². The molecule has 0 atom stereocenters. The second kappa shape index (κ2) is 11.1. The molecule has 0 unspecified atom stereocenters. The van der Waals surface area contributed by atoms with Crippen LogP contribution in [-0.4, -0.2) is 23.3 Å². The van der Waals surface area contributed by atoms with E-state index < -0.39 is 0 Å². The predicted molar refractivity (Wildman–Crippen MR) is 141 cm³/mol. The molecule has 0 radical (unpaired) electrons. The number of amides is 2. The van der Waals surface area contributed by atoms with Crippen molar-refractivity contribution >= 4 is 40.7 Å². The third-order valence-electron chi connectivity index (χ3n) is 5.59. The zero-order valence-corrected chi connectivity index (χ0v) is 21.5. The molecule has 1 N–H and O–H groups in total. The molecule has 0 saturated carbocycles. The molecule has 0 aliphatic rings. The maximum Gasteiger partial charge on any atom is 0.256 e. The van der Waals surface area contributed by atoms with Crippen LogP contribution in [0.3, 0.4) is 0 Å². The molecule has 0 spiro atoms.